The summed E-state index contributed by atoms with van der Waals surface area (Å²) >= 11 is 0. The molecule has 1 N–H and O–H groups in total. The van der Waals surface area contributed by atoms with Crippen LogP contribution in [-0.4, -0.2) is 37.4 Å². The summed E-state index contributed by atoms with van der Waals surface area (Å²) in [4.78, 5) is 2.19. The molecule has 0 radical (unpaired) electrons. The number of halogens is 3. The van der Waals surface area contributed by atoms with Gasteiger partial charge >= 0.3 is 6.36 Å². The molecule has 114 valence electrons. The summed E-state index contributed by atoms with van der Waals surface area (Å²) in [6.45, 7) is 6.40. The lowest BCUT2D eigenvalue weighted by molar-refractivity contribution is -0.274. The van der Waals surface area contributed by atoms with Crippen molar-refractivity contribution in [1.29, 1.82) is 0 Å². The molecular formula is C14H21F3N2O. The molecule has 0 atom stereocenters. The van der Waals surface area contributed by atoms with Crippen LogP contribution < -0.4 is 10.1 Å². The van der Waals surface area contributed by atoms with Gasteiger partial charge in [-0.15, -0.1) is 13.2 Å². The van der Waals surface area contributed by atoms with E-state index in [4.69, 9.17) is 0 Å². The summed E-state index contributed by atoms with van der Waals surface area (Å²) in [5.41, 5.74) is 0.763. The van der Waals surface area contributed by atoms with Crippen molar-refractivity contribution in [3.8, 4) is 5.75 Å². The Morgan fingerprint density at radius 1 is 1.30 bits per heavy atom. The maximum absolute atomic E-state index is 12.1. The Labute approximate surface area is 117 Å². The first-order valence-electron chi connectivity index (χ1n) is 6.53. The molecule has 0 fully saturated rings. The smallest absolute Gasteiger partial charge is 0.406 e. The van der Waals surface area contributed by atoms with E-state index < -0.39 is 6.36 Å². The summed E-state index contributed by atoms with van der Waals surface area (Å²) in [6, 6.07) is 6.48. The van der Waals surface area contributed by atoms with Gasteiger partial charge in [0.2, 0.25) is 0 Å². The number of nitrogens with zero attached hydrogens (tertiary/aromatic N) is 1. The lowest BCUT2D eigenvalue weighted by atomic mass is 10.2. The van der Waals surface area contributed by atoms with Gasteiger partial charge in [-0.1, -0.05) is 12.1 Å². The average Bonchev–Trinajstić information content (AvgIpc) is 2.32. The van der Waals surface area contributed by atoms with Crippen molar-refractivity contribution in [2.45, 2.75) is 32.8 Å². The first-order valence-corrected chi connectivity index (χ1v) is 6.53. The number of alkyl halides is 3. The van der Waals surface area contributed by atoms with Crippen LogP contribution in [-0.2, 0) is 6.54 Å². The summed E-state index contributed by atoms with van der Waals surface area (Å²) < 4.78 is 40.2. The fraction of sp³-hybridized carbons (Fsp3) is 0.571. The molecule has 0 heterocycles. The number of nitrogens with one attached hydrogen (secondary N) is 1. The minimum atomic E-state index is -4.65. The van der Waals surface area contributed by atoms with Crippen LogP contribution in [0.25, 0.3) is 0 Å². The average molecular weight is 290 g/mol. The van der Waals surface area contributed by atoms with Crippen molar-refractivity contribution in [3.63, 3.8) is 0 Å². The maximum Gasteiger partial charge on any atom is 0.573 e. The molecule has 3 nitrogen and oxygen atoms in total. The first kappa shape index (κ1) is 16.8. The molecule has 20 heavy (non-hydrogen) atoms. The summed E-state index contributed by atoms with van der Waals surface area (Å²) in [5.74, 6) is -0.184. The highest BCUT2D eigenvalue weighted by Crippen LogP contribution is 2.23. The molecule has 0 unspecified atom stereocenters. The van der Waals surface area contributed by atoms with E-state index in [0.29, 0.717) is 12.6 Å². The third-order valence-electron chi connectivity index (χ3n) is 2.98. The topological polar surface area (TPSA) is 24.5 Å². The molecule has 0 aliphatic carbocycles. The zero-order valence-electron chi connectivity index (χ0n) is 12.0. The highest BCUT2D eigenvalue weighted by Gasteiger charge is 2.31. The van der Waals surface area contributed by atoms with Crippen LogP contribution in [0, 0.1) is 0 Å². The number of likely N-dealkylation sites (N-methyl/N-ethyl adjacent to an activating group) is 1. The second-order valence-electron chi connectivity index (χ2n) is 4.95. The Balaban J connectivity index is 2.39. The molecule has 0 amide bonds. The Kier molecular flexibility index (Phi) is 6.29. The molecule has 0 bridgehead atoms. The fourth-order valence-corrected chi connectivity index (χ4v) is 1.60. The van der Waals surface area contributed by atoms with Crippen molar-refractivity contribution >= 4 is 0 Å². The quantitative estimate of drug-likeness (QED) is 0.781. The van der Waals surface area contributed by atoms with E-state index in [-0.39, 0.29) is 5.75 Å². The summed E-state index contributed by atoms with van der Waals surface area (Å²) in [7, 11) is 2.03. The molecule has 1 aromatic carbocycles. The lowest BCUT2D eigenvalue weighted by Crippen LogP contribution is -2.33. The third kappa shape index (κ3) is 6.77. The van der Waals surface area contributed by atoms with E-state index in [2.05, 4.69) is 28.8 Å². The van der Waals surface area contributed by atoms with Crippen LogP contribution in [0.5, 0.6) is 5.75 Å². The molecule has 0 saturated heterocycles. The van der Waals surface area contributed by atoms with Gasteiger partial charge in [-0.3, -0.25) is 0 Å². The van der Waals surface area contributed by atoms with Crippen molar-refractivity contribution in [2.24, 2.45) is 0 Å². The van der Waals surface area contributed by atoms with Gasteiger partial charge in [0.1, 0.15) is 5.75 Å². The Hall–Kier alpha value is -1.27. The van der Waals surface area contributed by atoms with Gasteiger partial charge in [-0.25, -0.2) is 0 Å². The largest absolute Gasteiger partial charge is 0.573 e. The zero-order valence-corrected chi connectivity index (χ0v) is 12.0. The number of benzene rings is 1. The molecule has 6 heteroatoms. The molecule has 1 rings (SSSR count). The van der Waals surface area contributed by atoms with Crippen LogP contribution in [0.3, 0.4) is 0 Å². The third-order valence-corrected chi connectivity index (χ3v) is 2.98. The van der Waals surface area contributed by atoms with Crippen molar-refractivity contribution in [3.05, 3.63) is 29.8 Å². The van der Waals surface area contributed by atoms with E-state index in [0.717, 1.165) is 18.7 Å². The first-order chi connectivity index (χ1) is 9.28. The number of ether oxygens (including phenoxy) is 1. The van der Waals surface area contributed by atoms with Gasteiger partial charge in [-0.2, -0.15) is 0 Å². The monoisotopic (exact) mass is 290 g/mol. The second-order valence-corrected chi connectivity index (χ2v) is 4.95. The maximum atomic E-state index is 12.1. The highest BCUT2D eigenvalue weighted by molar-refractivity contribution is 5.28. The molecule has 0 aliphatic rings. The molecule has 0 aliphatic heterocycles. The van der Waals surface area contributed by atoms with Gasteiger partial charge in [-0.05, 0) is 38.6 Å². The van der Waals surface area contributed by atoms with E-state index in [9.17, 15) is 13.2 Å². The standard InChI is InChI=1S/C14H21F3N2O/c1-11(2)19(3)8-7-18-10-12-5-4-6-13(9-12)20-14(15,16)17/h4-6,9,11,18H,7-8,10H2,1-3H3. The zero-order chi connectivity index (χ0) is 15.2. The number of rotatable bonds is 7. The number of hydrogen-bond acceptors (Lipinski definition) is 3. The second kappa shape index (κ2) is 7.50. The Bertz CT molecular complexity index is 408. The van der Waals surface area contributed by atoms with Crippen LogP contribution in [0.2, 0.25) is 0 Å². The Morgan fingerprint density at radius 3 is 2.60 bits per heavy atom. The van der Waals surface area contributed by atoms with E-state index in [1.165, 1.54) is 12.1 Å². The lowest BCUT2D eigenvalue weighted by Gasteiger charge is -2.21. The van der Waals surface area contributed by atoms with Crippen LogP contribution >= 0.6 is 0 Å². The summed E-state index contributed by atoms with van der Waals surface area (Å²) in [5, 5.41) is 3.20. The minimum absolute atomic E-state index is 0.184. The van der Waals surface area contributed by atoms with Crippen LogP contribution in [0.15, 0.2) is 24.3 Å². The molecular weight excluding hydrogens is 269 g/mol. The van der Waals surface area contributed by atoms with Crippen molar-refractivity contribution < 1.29 is 17.9 Å². The molecule has 0 saturated carbocycles. The summed E-state index contributed by atoms with van der Waals surface area (Å²) in [6.07, 6.45) is -4.65. The Morgan fingerprint density at radius 2 is 2.00 bits per heavy atom. The molecule has 1 aromatic rings. The number of hydrogen-bond donors (Lipinski definition) is 1. The van der Waals surface area contributed by atoms with E-state index in [1.807, 2.05) is 7.05 Å². The molecule has 0 spiro atoms. The molecule has 0 aromatic heterocycles. The highest BCUT2D eigenvalue weighted by atomic mass is 19.4. The SMILES string of the molecule is CC(C)N(C)CCNCc1cccc(OC(F)(F)F)c1. The van der Waals surface area contributed by atoms with Gasteiger partial charge in [0.25, 0.3) is 0 Å². The van der Waals surface area contributed by atoms with E-state index in [1.54, 1.807) is 12.1 Å². The van der Waals surface area contributed by atoms with Crippen molar-refractivity contribution in [1.82, 2.24) is 10.2 Å². The predicted octanol–water partition coefficient (Wildman–Crippen LogP) is 3.02. The minimum Gasteiger partial charge on any atom is -0.406 e. The van der Waals surface area contributed by atoms with Crippen LogP contribution in [0.1, 0.15) is 19.4 Å². The van der Waals surface area contributed by atoms with E-state index >= 15 is 0 Å². The fourth-order valence-electron chi connectivity index (χ4n) is 1.60. The van der Waals surface area contributed by atoms with Gasteiger partial charge in [0.15, 0.2) is 0 Å². The van der Waals surface area contributed by atoms with Crippen molar-refractivity contribution in [2.75, 3.05) is 20.1 Å². The normalized spacial score (nSPS) is 12.2. The van der Waals surface area contributed by atoms with Gasteiger partial charge in [0.05, 0.1) is 0 Å². The van der Waals surface area contributed by atoms with Gasteiger partial charge < -0.3 is 15.0 Å². The van der Waals surface area contributed by atoms with Gasteiger partial charge in [0, 0.05) is 25.7 Å². The van der Waals surface area contributed by atoms with Crippen LogP contribution in [0.4, 0.5) is 13.2 Å². The predicted molar refractivity (Wildman–Crippen MR) is 72.6 cm³/mol.